The highest BCUT2D eigenvalue weighted by Crippen LogP contribution is 2.25. The quantitative estimate of drug-likeness (QED) is 0.500. The van der Waals surface area contributed by atoms with Crippen molar-refractivity contribution in [2.24, 2.45) is 0 Å². The minimum Gasteiger partial charge on any atom is -0.459 e. The fraction of sp³-hybridized carbons (Fsp3) is 0.0714. The predicted molar refractivity (Wildman–Crippen MR) is 85.7 cm³/mol. The van der Waals surface area contributed by atoms with Gasteiger partial charge in [-0.2, -0.15) is 4.68 Å². The molecule has 0 amide bonds. The van der Waals surface area contributed by atoms with Crippen molar-refractivity contribution in [3.05, 3.63) is 53.6 Å². The Labute approximate surface area is 144 Å². The molecule has 4 aromatic rings. The monoisotopic (exact) mass is 360 g/mol. The fourth-order valence-corrected chi connectivity index (χ4v) is 2.89. The van der Waals surface area contributed by atoms with Crippen LogP contribution in [0.25, 0.3) is 17.3 Å². The van der Waals surface area contributed by atoms with Crippen LogP contribution in [-0.4, -0.2) is 30.4 Å². The van der Waals surface area contributed by atoms with Crippen LogP contribution in [0, 0.1) is 0 Å². The van der Waals surface area contributed by atoms with Crippen molar-refractivity contribution in [3.8, 4) is 17.3 Å². The number of benzene rings is 1. The van der Waals surface area contributed by atoms with E-state index in [2.05, 4.69) is 25.7 Å². The van der Waals surface area contributed by atoms with Gasteiger partial charge < -0.3 is 8.83 Å². The van der Waals surface area contributed by atoms with Crippen LogP contribution in [-0.2, 0) is 5.75 Å². The highest BCUT2D eigenvalue weighted by atomic mass is 35.5. The number of nitrogens with zero attached hydrogens (tertiary/aromatic N) is 6. The first-order valence-electron chi connectivity index (χ1n) is 6.83. The maximum Gasteiger partial charge on any atom is 0.283 e. The van der Waals surface area contributed by atoms with E-state index in [4.69, 9.17) is 20.4 Å². The molecule has 4 rings (SSSR count). The van der Waals surface area contributed by atoms with E-state index in [0.29, 0.717) is 33.5 Å². The summed E-state index contributed by atoms with van der Waals surface area (Å²) >= 11 is 7.38. The topological polar surface area (TPSA) is 95.7 Å². The zero-order valence-electron chi connectivity index (χ0n) is 12.0. The highest BCUT2D eigenvalue weighted by Gasteiger charge is 2.14. The van der Waals surface area contributed by atoms with Crippen LogP contribution in [0.2, 0.25) is 5.02 Å². The second-order valence-electron chi connectivity index (χ2n) is 4.62. The third kappa shape index (κ3) is 3.03. The molecule has 0 unspecified atom stereocenters. The molecule has 0 N–H and O–H groups in total. The summed E-state index contributed by atoms with van der Waals surface area (Å²) in [6, 6.07) is 10.8. The molecule has 3 heterocycles. The molecule has 0 aliphatic rings. The lowest BCUT2D eigenvalue weighted by molar-refractivity contribution is 0.494. The molecule has 120 valence electrons. The number of halogens is 1. The number of hydrogen-bond donors (Lipinski definition) is 0. The Bertz CT molecular complexity index is 952. The normalized spacial score (nSPS) is 11.0. The van der Waals surface area contributed by atoms with E-state index in [9.17, 15) is 0 Å². The fourth-order valence-electron chi connectivity index (χ4n) is 1.98. The lowest BCUT2D eigenvalue weighted by Gasteiger charge is -2.03. The number of thioether (sulfide) groups is 1. The largest absolute Gasteiger partial charge is 0.459 e. The lowest BCUT2D eigenvalue weighted by Crippen LogP contribution is -1.99. The van der Waals surface area contributed by atoms with Gasteiger partial charge in [0.05, 0.1) is 17.7 Å². The summed E-state index contributed by atoms with van der Waals surface area (Å²) in [5.74, 6) is 1.74. The Balaban J connectivity index is 1.50. The SMILES string of the molecule is Clc1cccc(-n2nnnc2SCc2nnc(-c3ccco3)o2)c1. The summed E-state index contributed by atoms with van der Waals surface area (Å²) in [5, 5.41) is 20.8. The maximum atomic E-state index is 6.01. The first-order chi connectivity index (χ1) is 11.8. The van der Waals surface area contributed by atoms with Crippen LogP contribution in [0.3, 0.4) is 0 Å². The van der Waals surface area contributed by atoms with Gasteiger partial charge in [-0.3, -0.25) is 0 Å². The van der Waals surface area contributed by atoms with Crippen LogP contribution in [0.5, 0.6) is 0 Å². The lowest BCUT2D eigenvalue weighted by atomic mass is 10.3. The zero-order chi connectivity index (χ0) is 16.4. The van der Waals surface area contributed by atoms with Crippen LogP contribution in [0.1, 0.15) is 5.89 Å². The summed E-state index contributed by atoms with van der Waals surface area (Å²) in [6.45, 7) is 0. The average Bonchev–Trinajstić information content (AvgIpc) is 3.33. The third-order valence-electron chi connectivity index (χ3n) is 3.02. The van der Waals surface area contributed by atoms with E-state index in [1.807, 2.05) is 12.1 Å². The number of hydrogen-bond acceptors (Lipinski definition) is 8. The van der Waals surface area contributed by atoms with Crippen LogP contribution >= 0.6 is 23.4 Å². The minimum atomic E-state index is 0.338. The van der Waals surface area contributed by atoms with Crippen molar-refractivity contribution < 1.29 is 8.83 Å². The van der Waals surface area contributed by atoms with Crippen molar-refractivity contribution >= 4 is 23.4 Å². The third-order valence-corrected chi connectivity index (χ3v) is 4.16. The molecule has 0 spiro atoms. The summed E-state index contributed by atoms with van der Waals surface area (Å²) in [5.41, 5.74) is 0.775. The Kier molecular flexibility index (Phi) is 4.01. The Morgan fingerprint density at radius 2 is 2.08 bits per heavy atom. The molecule has 24 heavy (non-hydrogen) atoms. The summed E-state index contributed by atoms with van der Waals surface area (Å²) in [6.07, 6.45) is 1.55. The van der Waals surface area contributed by atoms with Crippen molar-refractivity contribution in [1.82, 2.24) is 30.4 Å². The summed E-state index contributed by atoms with van der Waals surface area (Å²) in [4.78, 5) is 0. The van der Waals surface area contributed by atoms with Gasteiger partial charge in [-0.1, -0.05) is 29.4 Å². The molecule has 0 aliphatic heterocycles. The number of rotatable bonds is 5. The van der Waals surface area contributed by atoms with Crippen molar-refractivity contribution in [2.45, 2.75) is 10.9 Å². The summed E-state index contributed by atoms with van der Waals surface area (Å²) in [7, 11) is 0. The van der Waals surface area contributed by atoms with E-state index in [1.165, 1.54) is 11.8 Å². The Morgan fingerprint density at radius 3 is 2.92 bits per heavy atom. The van der Waals surface area contributed by atoms with Gasteiger partial charge in [0, 0.05) is 5.02 Å². The molecule has 0 fully saturated rings. The van der Waals surface area contributed by atoms with Gasteiger partial charge in [0.15, 0.2) is 5.76 Å². The van der Waals surface area contributed by atoms with E-state index in [0.717, 1.165) is 5.69 Å². The molecule has 3 aromatic heterocycles. The van der Waals surface area contributed by atoms with Gasteiger partial charge in [-0.15, -0.1) is 15.3 Å². The molecule has 8 nitrogen and oxygen atoms in total. The zero-order valence-corrected chi connectivity index (χ0v) is 13.6. The van der Waals surface area contributed by atoms with E-state index in [-0.39, 0.29) is 0 Å². The maximum absolute atomic E-state index is 6.01. The molecule has 0 bridgehead atoms. The van der Waals surface area contributed by atoms with Crippen LogP contribution < -0.4 is 0 Å². The number of aromatic nitrogens is 6. The second-order valence-corrected chi connectivity index (χ2v) is 6.00. The molecule has 0 saturated carbocycles. The minimum absolute atomic E-state index is 0.338. The van der Waals surface area contributed by atoms with Gasteiger partial charge >= 0.3 is 0 Å². The van der Waals surface area contributed by atoms with Crippen molar-refractivity contribution in [3.63, 3.8) is 0 Å². The number of tetrazole rings is 1. The molecule has 10 heteroatoms. The Morgan fingerprint density at radius 1 is 1.12 bits per heavy atom. The van der Waals surface area contributed by atoms with E-state index in [1.54, 1.807) is 35.2 Å². The van der Waals surface area contributed by atoms with Gasteiger partial charge in [0.25, 0.3) is 5.89 Å². The van der Waals surface area contributed by atoms with Gasteiger partial charge in [-0.25, -0.2) is 0 Å². The van der Waals surface area contributed by atoms with Crippen molar-refractivity contribution in [1.29, 1.82) is 0 Å². The molecule has 0 atom stereocenters. The van der Waals surface area contributed by atoms with Gasteiger partial charge in [0.2, 0.25) is 11.0 Å². The first kappa shape index (κ1) is 14.9. The average molecular weight is 361 g/mol. The molecular formula is C14H9ClN6O2S. The van der Waals surface area contributed by atoms with Gasteiger partial charge in [0.1, 0.15) is 0 Å². The molecular weight excluding hydrogens is 352 g/mol. The molecule has 1 aromatic carbocycles. The predicted octanol–water partition coefficient (Wildman–Crippen LogP) is 3.25. The van der Waals surface area contributed by atoms with E-state index < -0.39 is 0 Å². The smallest absolute Gasteiger partial charge is 0.283 e. The summed E-state index contributed by atoms with van der Waals surface area (Å²) < 4.78 is 12.4. The Hall–Kier alpha value is -2.65. The molecule has 0 saturated heterocycles. The van der Waals surface area contributed by atoms with E-state index >= 15 is 0 Å². The van der Waals surface area contributed by atoms with Crippen LogP contribution in [0.15, 0.2) is 56.7 Å². The standard InChI is InChI=1S/C14H9ClN6O2S/c15-9-3-1-4-10(7-9)21-14(18-19-20-21)24-8-12-16-17-13(23-12)11-5-2-6-22-11/h1-7H,8H2. The molecule has 0 aliphatic carbocycles. The van der Waals surface area contributed by atoms with Gasteiger partial charge in [-0.05, 0) is 40.8 Å². The van der Waals surface area contributed by atoms with Crippen molar-refractivity contribution in [2.75, 3.05) is 0 Å². The second kappa shape index (κ2) is 6.46. The van der Waals surface area contributed by atoms with Crippen LogP contribution in [0.4, 0.5) is 0 Å². The number of furan rings is 1. The molecule has 0 radical (unpaired) electrons. The highest BCUT2D eigenvalue weighted by molar-refractivity contribution is 7.98. The first-order valence-corrected chi connectivity index (χ1v) is 8.19.